The van der Waals surface area contributed by atoms with Crippen molar-refractivity contribution in [2.75, 3.05) is 13.2 Å². The van der Waals surface area contributed by atoms with Gasteiger partial charge in [0, 0.05) is 16.9 Å². The number of carbonyl (C=O) groups excluding carboxylic acids is 2. The summed E-state index contributed by atoms with van der Waals surface area (Å²) in [5.74, 6) is 0.662. The summed E-state index contributed by atoms with van der Waals surface area (Å²) in [4.78, 5) is 23.6. The summed E-state index contributed by atoms with van der Waals surface area (Å²) in [7, 11) is 0. The fourth-order valence-corrected chi connectivity index (χ4v) is 3.34. The lowest BCUT2D eigenvalue weighted by Crippen LogP contribution is -2.42. The zero-order valence-corrected chi connectivity index (χ0v) is 16.2. The zero-order valence-electron chi connectivity index (χ0n) is 14.6. The predicted molar refractivity (Wildman–Crippen MR) is 99.4 cm³/mol. The van der Waals surface area contributed by atoms with Crippen LogP contribution < -0.4 is 10.1 Å². The van der Waals surface area contributed by atoms with Gasteiger partial charge in [-0.3, -0.25) is 9.59 Å². The molecular weight excluding hydrogens is 386 g/mol. The van der Waals surface area contributed by atoms with Crippen LogP contribution in [0.1, 0.15) is 45.4 Å². The van der Waals surface area contributed by atoms with Crippen LogP contribution in [-0.4, -0.2) is 31.1 Å². The molecule has 1 saturated carbocycles. The Balaban J connectivity index is 1.56. The van der Waals surface area contributed by atoms with Gasteiger partial charge in [0.05, 0.1) is 6.61 Å². The van der Waals surface area contributed by atoms with Gasteiger partial charge in [-0.2, -0.15) is 0 Å². The lowest BCUT2D eigenvalue weighted by Gasteiger charge is -2.29. The molecule has 0 spiro atoms. The first kappa shape index (κ1) is 19.8. The number of halogens is 1. The maximum absolute atomic E-state index is 11.9. The van der Waals surface area contributed by atoms with E-state index in [0.717, 1.165) is 29.5 Å². The second-order valence-corrected chi connectivity index (χ2v) is 7.42. The molecule has 6 heteroatoms. The predicted octanol–water partition coefficient (Wildman–Crippen LogP) is 3.85. The summed E-state index contributed by atoms with van der Waals surface area (Å²) in [6.45, 7) is 2.38. The van der Waals surface area contributed by atoms with Gasteiger partial charge in [-0.15, -0.1) is 0 Å². The summed E-state index contributed by atoms with van der Waals surface area (Å²) in [5.41, 5.74) is 0. The molecule has 138 valence electrons. The Morgan fingerprint density at radius 3 is 2.84 bits per heavy atom. The molecule has 0 radical (unpaired) electrons. The molecule has 0 bridgehead atoms. The first-order valence-electron chi connectivity index (χ1n) is 8.88. The molecule has 1 fully saturated rings. The first-order valence-corrected chi connectivity index (χ1v) is 9.67. The minimum Gasteiger partial charge on any atom is -0.494 e. The SMILES string of the molecule is C[C@@H]1CCCC[C@H]1NC(=O)COC(=O)CCCOc1cccc(Br)c1. The van der Waals surface area contributed by atoms with Crippen LogP contribution in [0.2, 0.25) is 0 Å². The molecule has 1 aliphatic rings. The third-order valence-corrected chi connectivity index (χ3v) is 4.91. The fourth-order valence-electron chi connectivity index (χ4n) is 2.96. The minimum absolute atomic E-state index is 0.200. The lowest BCUT2D eigenvalue weighted by atomic mass is 9.86. The van der Waals surface area contributed by atoms with Crippen molar-refractivity contribution >= 4 is 27.8 Å². The molecule has 1 amide bonds. The van der Waals surface area contributed by atoms with Crippen LogP contribution in [0.25, 0.3) is 0 Å². The summed E-state index contributed by atoms with van der Waals surface area (Å²) >= 11 is 3.38. The molecule has 1 aromatic rings. The van der Waals surface area contributed by atoms with Crippen LogP contribution >= 0.6 is 15.9 Å². The molecular formula is C19H26BrNO4. The maximum atomic E-state index is 11.9. The quantitative estimate of drug-likeness (QED) is 0.521. The van der Waals surface area contributed by atoms with E-state index in [4.69, 9.17) is 9.47 Å². The number of esters is 1. The van der Waals surface area contributed by atoms with E-state index >= 15 is 0 Å². The van der Waals surface area contributed by atoms with E-state index in [1.807, 2.05) is 24.3 Å². The highest BCUT2D eigenvalue weighted by Crippen LogP contribution is 2.23. The van der Waals surface area contributed by atoms with Crippen LogP contribution in [0.15, 0.2) is 28.7 Å². The molecule has 25 heavy (non-hydrogen) atoms. The Labute approximate surface area is 157 Å². The van der Waals surface area contributed by atoms with Crippen molar-refractivity contribution in [3.63, 3.8) is 0 Å². The zero-order chi connectivity index (χ0) is 18.1. The van der Waals surface area contributed by atoms with Crippen molar-refractivity contribution in [1.82, 2.24) is 5.32 Å². The number of benzene rings is 1. The Bertz CT molecular complexity index is 578. The first-order chi connectivity index (χ1) is 12.0. The van der Waals surface area contributed by atoms with Gasteiger partial charge in [0.2, 0.25) is 0 Å². The Morgan fingerprint density at radius 2 is 2.08 bits per heavy atom. The molecule has 0 aromatic heterocycles. The average molecular weight is 412 g/mol. The molecule has 5 nitrogen and oxygen atoms in total. The van der Waals surface area contributed by atoms with E-state index in [1.165, 1.54) is 6.42 Å². The summed E-state index contributed by atoms with van der Waals surface area (Å²) < 4.78 is 11.5. The van der Waals surface area contributed by atoms with E-state index < -0.39 is 0 Å². The molecule has 1 aromatic carbocycles. The van der Waals surface area contributed by atoms with Gasteiger partial charge < -0.3 is 14.8 Å². The van der Waals surface area contributed by atoms with Gasteiger partial charge in [0.25, 0.3) is 5.91 Å². The molecule has 0 unspecified atom stereocenters. The lowest BCUT2D eigenvalue weighted by molar-refractivity contribution is -0.149. The van der Waals surface area contributed by atoms with E-state index in [2.05, 4.69) is 28.2 Å². The minimum atomic E-state index is -0.371. The normalized spacial score (nSPS) is 19.9. The summed E-state index contributed by atoms with van der Waals surface area (Å²) in [6.07, 6.45) is 5.31. The number of nitrogens with one attached hydrogen (secondary N) is 1. The van der Waals surface area contributed by atoms with Crippen LogP contribution in [0.5, 0.6) is 5.75 Å². The molecule has 1 aliphatic carbocycles. The topological polar surface area (TPSA) is 64.6 Å². The molecule has 0 heterocycles. The van der Waals surface area contributed by atoms with Gasteiger partial charge in [-0.1, -0.05) is 41.8 Å². The van der Waals surface area contributed by atoms with Crippen LogP contribution in [0.4, 0.5) is 0 Å². The number of hydrogen-bond acceptors (Lipinski definition) is 4. The van der Waals surface area contributed by atoms with Crippen molar-refractivity contribution in [3.8, 4) is 5.75 Å². The molecule has 2 rings (SSSR count). The largest absolute Gasteiger partial charge is 0.494 e. The van der Waals surface area contributed by atoms with Crippen molar-refractivity contribution in [1.29, 1.82) is 0 Å². The molecule has 0 saturated heterocycles. The Hall–Kier alpha value is -1.56. The number of hydrogen-bond donors (Lipinski definition) is 1. The van der Waals surface area contributed by atoms with Gasteiger partial charge in [0.1, 0.15) is 5.75 Å². The van der Waals surface area contributed by atoms with Gasteiger partial charge in [-0.25, -0.2) is 0 Å². The summed E-state index contributed by atoms with van der Waals surface area (Å²) in [5, 5.41) is 2.97. The van der Waals surface area contributed by atoms with Crippen molar-refractivity contribution < 1.29 is 19.1 Å². The fraction of sp³-hybridized carbons (Fsp3) is 0.579. The molecule has 0 aliphatic heterocycles. The van der Waals surface area contributed by atoms with Crippen molar-refractivity contribution in [2.24, 2.45) is 5.92 Å². The van der Waals surface area contributed by atoms with Gasteiger partial charge in [0.15, 0.2) is 6.61 Å². The maximum Gasteiger partial charge on any atom is 0.306 e. The monoisotopic (exact) mass is 411 g/mol. The van der Waals surface area contributed by atoms with Crippen LogP contribution in [0, 0.1) is 5.92 Å². The summed E-state index contributed by atoms with van der Waals surface area (Å²) in [6, 6.07) is 7.75. The highest BCUT2D eigenvalue weighted by Gasteiger charge is 2.23. The van der Waals surface area contributed by atoms with Crippen LogP contribution in [0.3, 0.4) is 0 Å². The third-order valence-electron chi connectivity index (χ3n) is 4.41. The van der Waals surface area contributed by atoms with Crippen molar-refractivity contribution in [3.05, 3.63) is 28.7 Å². The Kier molecular flexibility index (Phi) is 8.25. The van der Waals surface area contributed by atoms with Crippen molar-refractivity contribution in [2.45, 2.75) is 51.5 Å². The standard InChI is InChI=1S/C19H26BrNO4/c1-14-6-2-3-9-17(14)21-18(22)13-25-19(23)10-5-11-24-16-8-4-7-15(20)12-16/h4,7-8,12,14,17H,2-3,5-6,9-11,13H2,1H3,(H,21,22)/t14-,17-/m1/s1. The van der Waals surface area contributed by atoms with E-state index in [-0.39, 0.29) is 30.9 Å². The highest BCUT2D eigenvalue weighted by molar-refractivity contribution is 9.10. The average Bonchev–Trinajstić information content (AvgIpc) is 2.59. The number of carbonyl (C=O) groups is 2. The molecule has 1 N–H and O–H groups in total. The van der Waals surface area contributed by atoms with E-state index in [9.17, 15) is 9.59 Å². The third kappa shape index (κ3) is 7.46. The highest BCUT2D eigenvalue weighted by atomic mass is 79.9. The van der Waals surface area contributed by atoms with Gasteiger partial charge in [-0.05, 0) is 43.4 Å². The second-order valence-electron chi connectivity index (χ2n) is 6.51. The smallest absolute Gasteiger partial charge is 0.306 e. The second kappa shape index (κ2) is 10.4. The number of ether oxygens (including phenoxy) is 2. The van der Waals surface area contributed by atoms with Gasteiger partial charge >= 0.3 is 5.97 Å². The molecule has 2 atom stereocenters. The number of amides is 1. The Morgan fingerprint density at radius 1 is 1.28 bits per heavy atom. The van der Waals surface area contributed by atoms with E-state index in [0.29, 0.717) is 18.9 Å². The number of rotatable bonds is 8. The van der Waals surface area contributed by atoms with E-state index in [1.54, 1.807) is 0 Å². The van der Waals surface area contributed by atoms with Crippen LogP contribution in [-0.2, 0) is 14.3 Å².